The maximum absolute atomic E-state index is 5.74. The average molecular weight is 392 g/mol. The predicted molar refractivity (Wildman–Crippen MR) is 93.8 cm³/mol. The van der Waals surface area contributed by atoms with Crippen LogP contribution in [0.15, 0.2) is 29.5 Å². The van der Waals surface area contributed by atoms with E-state index in [1.165, 1.54) is 19.3 Å². The highest BCUT2D eigenvalue weighted by Crippen LogP contribution is 2.04. The van der Waals surface area contributed by atoms with Crippen LogP contribution in [0.1, 0.15) is 32.6 Å². The summed E-state index contributed by atoms with van der Waals surface area (Å²) >= 11 is 0. The lowest BCUT2D eigenvalue weighted by atomic mass is 10.2. The second-order valence-corrected chi connectivity index (χ2v) is 4.29. The van der Waals surface area contributed by atoms with Gasteiger partial charge in [-0.05, 0) is 18.6 Å². The van der Waals surface area contributed by atoms with E-state index in [0.29, 0.717) is 19.1 Å². The van der Waals surface area contributed by atoms with Gasteiger partial charge < -0.3 is 15.8 Å². The first-order valence-electron chi connectivity index (χ1n) is 6.89. The molecule has 0 spiro atoms. The van der Waals surface area contributed by atoms with Gasteiger partial charge in [-0.3, -0.25) is 9.98 Å². The van der Waals surface area contributed by atoms with E-state index in [1.54, 1.807) is 12.4 Å². The highest BCUT2D eigenvalue weighted by molar-refractivity contribution is 14.0. The first-order valence-corrected chi connectivity index (χ1v) is 6.89. The Bertz CT molecular complexity index is 359. The summed E-state index contributed by atoms with van der Waals surface area (Å²) in [6.45, 7) is 4.17. The molecule has 1 heterocycles. The van der Waals surface area contributed by atoms with Gasteiger partial charge in [0.25, 0.3) is 0 Å². The highest BCUT2D eigenvalue weighted by atomic mass is 127. The Morgan fingerprint density at radius 2 is 2.25 bits per heavy atom. The van der Waals surface area contributed by atoms with Gasteiger partial charge in [0.1, 0.15) is 12.4 Å². The first-order chi connectivity index (χ1) is 9.33. The molecule has 0 fully saturated rings. The van der Waals surface area contributed by atoms with E-state index in [-0.39, 0.29) is 24.0 Å². The molecule has 0 aliphatic carbocycles. The molecule has 1 aromatic rings. The minimum absolute atomic E-state index is 0. The minimum atomic E-state index is 0. The van der Waals surface area contributed by atoms with Gasteiger partial charge in [0.05, 0.1) is 12.7 Å². The molecule has 0 atom stereocenters. The third kappa shape index (κ3) is 9.82. The maximum Gasteiger partial charge on any atom is 0.188 e. The van der Waals surface area contributed by atoms with Crippen LogP contribution >= 0.6 is 24.0 Å². The Morgan fingerprint density at radius 3 is 2.95 bits per heavy atom. The minimum Gasteiger partial charge on any atom is -0.490 e. The predicted octanol–water partition coefficient (Wildman–Crippen LogP) is 2.56. The van der Waals surface area contributed by atoms with Crippen LogP contribution in [0.2, 0.25) is 0 Å². The molecule has 0 aromatic carbocycles. The van der Waals surface area contributed by atoms with Crippen molar-refractivity contribution in [3.63, 3.8) is 0 Å². The maximum atomic E-state index is 5.74. The van der Waals surface area contributed by atoms with Gasteiger partial charge >= 0.3 is 0 Å². The molecule has 0 amide bonds. The van der Waals surface area contributed by atoms with Crippen molar-refractivity contribution < 1.29 is 4.74 Å². The molecule has 114 valence electrons. The fraction of sp³-hybridized carbons (Fsp3) is 0.571. The van der Waals surface area contributed by atoms with Gasteiger partial charge in [-0.15, -0.1) is 24.0 Å². The second-order valence-electron chi connectivity index (χ2n) is 4.29. The highest BCUT2D eigenvalue weighted by Gasteiger charge is 1.94. The van der Waals surface area contributed by atoms with Crippen LogP contribution in [0.3, 0.4) is 0 Å². The quantitative estimate of drug-likeness (QED) is 0.293. The van der Waals surface area contributed by atoms with Gasteiger partial charge in [-0.2, -0.15) is 0 Å². The number of aromatic nitrogens is 1. The Hall–Kier alpha value is -1.05. The van der Waals surface area contributed by atoms with Crippen molar-refractivity contribution in [2.75, 3.05) is 19.7 Å². The van der Waals surface area contributed by atoms with E-state index in [2.05, 4.69) is 22.2 Å². The fourth-order valence-corrected chi connectivity index (χ4v) is 1.57. The van der Waals surface area contributed by atoms with Crippen LogP contribution in [0.25, 0.3) is 0 Å². The number of halogens is 1. The number of hydrogen-bond donors (Lipinski definition) is 2. The monoisotopic (exact) mass is 392 g/mol. The molecule has 3 N–H and O–H groups in total. The Morgan fingerprint density at radius 1 is 1.40 bits per heavy atom. The lowest BCUT2D eigenvalue weighted by Gasteiger charge is -2.07. The fourth-order valence-electron chi connectivity index (χ4n) is 1.57. The first kappa shape index (κ1) is 18.9. The van der Waals surface area contributed by atoms with Crippen molar-refractivity contribution in [3.05, 3.63) is 24.5 Å². The Balaban J connectivity index is 0.00000361. The molecule has 0 saturated heterocycles. The third-order valence-electron chi connectivity index (χ3n) is 2.61. The molecule has 5 nitrogen and oxygen atoms in total. The molecule has 1 aromatic heterocycles. The van der Waals surface area contributed by atoms with Crippen LogP contribution in [-0.4, -0.2) is 30.6 Å². The number of rotatable bonds is 9. The molecule has 0 radical (unpaired) electrons. The van der Waals surface area contributed by atoms with Gasteiger partial charge in [-0.1, -0.05) is 26.2 Å². The Labute approximate surface area is 138 Å². The molecular weight excluding hydrogens is 367 g/mol. The third-order valence-corrected chi connectivity index (χ3v) is 2.61. The van der Waals surface area contributed by atoms with E-state index in [9.17, 15) is 0 Å². The lowest BCUT2D eigenvalue weighted by molar-refractivity contribution is 0.321. The van der Waals surface area contributed by atoms with Crippen LogP contribution in [-0.2, 0) is 0 Å². The van der Waals surface area contributed by atoms with E-state index in [0.717, 1.165) is 18.7 Å². The number of pyridine rings is 1. The van der Waals surface area contributed by atoms with Gasteiger partial charge in [0, 0.05) is 12.7 Å². The summed E-state index contributed by atoms with van der Waals surface area (Å²) in [5.74, 6) is 1.26. The summed E-state index contributed by atoms with van der Waals surface area (Å²) in [5.41, 5.74) is 5.74. The SMILES string of the molecule is CCCCCCN=C(N)NCCOc1cccnc1.I. The summed E-state index contributed by atoms with van der Waals surface area (Å²) in [5, 5.41) is 3.03. The zero-order valence-corrected chi connectivity index (χ0v) is 14.4. The molecule has 20 heavy (non-hydrogen) atoms. The summed E-state index contributed by atoms with van der Waals surface area (Å²) in [6.07, 6.45) is 8.23. The summed E-state index contributed by atoms with van der Waals surface area (Å²) in [6, 6.07) is 3.72. The number of hydrogen-bond acceptors (Lipinski definition) is 3. The van der Waals surface area contributed by atoms with Crippen molar-refractivity contribution in [2.45, 2.75) is 32.6 Å². The van der Waals surface area contributed by atoms with Crippen molar-refractivity contribution >= 4 is 29.9 Å². The van der Waals surface area contributed by atoms with Crippen molar-refractivity contribution in [1.82, 2.24) is 10.3 Å². The van der Waals surface area contributed by atoms with Crippen molar-refractivity contribution in [1.29, 1.82) is 0 Å². The average Bonchev–Trinajstić information content (AvgIpc) is 2.44. The van der Waals surface area contributed by atoms with Crippen molar-refractivity contribution in [2.24, 2.45) is 10.7 Å². The van der Waals surface area contributed by atoms with Crippen LogP contribution in [0, 0.1) is 0 Å². The number of nitrogens with two attached hydrogens (primary N) is 1. The molecule has 6 heteroatoms. The van der Waals surface area contributed by atoms with Gasteiger partial charge in [-0.25, -0.2) is 0 Å². The summed E-state index contributed by atoms with van der Waals surface area (Å²) < 4.78 is 5.48. The molecule has 0 bridgehead atoms. The number of nitrogens with one attached hydrogen (secondary N) is 1. The lowest BCUT2D eigenvalue weighted by Crippen LogP contribution is -2.34. The zero-order valence-electron chi connectivity index (χ0n) is 12.0. The van der Waals surface area contributed by atoms with Crippen LogP contribution < -0.4 is 15.8 Å². The normalized spacial score (nSPS) is 10.8. The molecular formula is C14H25IN4O. The second kappa shape index (κ2) is 13.0. The summed E-state index contributed by atoms with van der Waals surface area (Å²) in [7, 11) is 0. The van der Waals surface area contributed by atoms with E-state index in [1.807, 2.05) is 12.1 Å². The topological polar surface area (TPSA) is 72.5 Å². The summed E-state index contributed by atoms with van der Waals surface area (Å²) in [4.78, 5) is 8.23. The zero-order chi connectivity index (χ0) is 13.8. The number of aliphatic imine (C=N–C) groups is 1. The van der Waals surface area contributed by atoms with Crippen LogP contribution in [0.4, 0.5) is 0 Å². The van der Waals surface area contributed by atoms with Gasteiger partial charge in [0.2, 0.25) is 0 Å². The molecule has 1 rings (SSSR count). The van der Waals surface area contributed by atoms with Gasteiger partial charge in [0.15, 0.2) is 5.96 Å². The molecule has 0 aliphatic rings. The molecule has 0 aliphatic heterocycles. The number of nitrogens with zero attached hydrogens (tertiary/aromatic N) is 2. The number of ether oxygens (including phenoxy) is 1. The largest absolute Gasteiger partial charge is 0.490 e. The van der Waals surface area contributed by atoms with E-state index < -0.39 is 0 Å². The smallest absolute Gasteiger partial charge is 0.188 e. The molecule has 0 unspecified atom stereocenters. The number of guanidine groups is 1. The van der Waals surface area contributed by atoms with E-state index >= 15 is 0 Å². The van der Waals surface area contributed by atoms with Crippen LogP contribution in [0.5, 0.6) is 5.75 Å². The number of unbranched alkanes of at least 4 members (excludes halogenated alkanes) is 3. The standard InChI is InChI=1S/C14H24N4O.HI/c1-2-3-4-5-9-17-14(15)18-10-11-19-13-7-6-8-16-12-13;/h6-8,12H,2-5,9-11H2,1H3,(H3,15,17,18);1H. The van der Waals surface area contributed by atoms with E-state index in [4.69, 9.17) is 10.5 Å². The van der Waals surface area contributed by atoms with Crippen molar-refractivity contribution in [3.8, 4) is 5.75 Å². The Kier molecular flexibility index (Phi) is 12.3. The molecule has 0 saturated carbocycles.